The summed E-state index contributed by atoms with van der Waals surface area (Å²) in [4.78, 5) is 22.6. The Morgan fingerprint density at radius 3 is 1.68 bits per heavy atom. The van der Waals surface area contributed by atoms with Crippen molar-refractivity contribution in [1.29, 1.82) is 0 Å². The number of rotatable bonds is 36. The Bertz CT molecular complexity index is 1140. The lowest BCUT2D eigenvalue weighted by atomic mass is 10.1. The van der Waals surface area contributed by atoms with E-state index in [1.165, 1.54) is 19.3 Å². The summed E-state index contributed by atoms with van der Waals surface area (Å²) in [5.74, 6) is -0.233. The van der Waals surface area contributed by atoms with Crippen molar-refractivity contribution in [2.75, 3.05) is 19.8 Å². The Morgan fingerprint density at radius 2 is 1.11 bits per heavy atom. The monoisotopic (exact) mass is 759 g/mol. The lowest BCUT2D eigenvalue weighted by molar-refractivity contribution is -0.123. The third-order valence-corrected chi connectivity index (χ3v) is 9.11. The van der Waals surface area contributed by atoms with E-state index in [1.54, 1.807) is 6.08 Å². The fourth-order valence-corrected chi connectivity index (χ4v) is 5.83. The third-order valence-electron chi connectivity index (χ3n) is 8.12. The molecule has 3 atom stereocenters. The van der Waals surface area contributed by atoms with Crippen LogP contribution in [0, 0.1) is 0 Å². The number of carbonyl (C=O) groups is 1. The highest BCUT2D eigenvalue weighted by atomic mass is 31.2. The number of carbonyl (C=O) groups excluding carboxylic acids is 1. The number of amides is 1. The molecule has 0 aromatic heterocycles. The predicted octanol–water partition coefficient (Wildman–Crippen LogP) is 11.2. The third kappa shape index (κ3) is 37.5. The van der Waals surface area contributed by atoms with Gasteiger partial charge in [0.2, 0.25) is 5.91 Å². The second kappa shape index (κ2) is 39.1. The first-order valence-electron chi connectivity index (χ1n) is 20.4. The summed E-state index contributed by atoms with van der Waals surface area (Å²) in [6, 6.07) is -0.899. The summed E-state index contributed by atoms with van der Waals surface area (Å²) < 4.78 is 22.0. The minimum atomic E-state index is -4.36. The fraction of sp³-hybridized carbons (Fsp3) is 0.614. The van der Waals surface area contributed by atoms with E-state index >= 15 is 0 Å². The normalized spacial score (nSPS) is 15.2. The van der Waals surface area contributed by atoms with Crippen LogP contribution >= 0.6 is 7.82 Å². The van der Waals surface area contributed by atoms with Crippen LogP contribution in [0.3, 0.4) is 0 Å². The van der Waals surface area contributed by atoms with E-state index < -0.39 is 20.0 Å². The molecule has 302 valence electrons. The van der Waals surface area contributed by atoms with E-state index in [2.05, 4.69) is 104 Å². The first-order chi connectivity index (χ1) is 25.9. The van der Waals surface area contributed by atoms with E-state index in [-0.39, 0.29) is 25.7 Å². The van der Waals surface area contributed by atoms with Gasteiger partial charge in [0.1, 0.15) is 0 Å². The van der Waals surface area contributed by atoms with E-state index in [0.717, 1.165) is 103 Å². The molecule has 0 bridgehead atoms. The minimum absolute atomic E-state index is 0.0625. The van der Waals surface area contributed by atoms with Crippen molar-refractivity contribution in [3.63, 3.8) is 0 Å². The Hall–Kier alpha value is -2.58. The van der Waals surface area contributed by atoms with E-state index in [9.17, 15) is 19.4 Å². The van der Waals surface area contributed by atoms with Crippen LogP contribution in [-0.2, 0) is 18.4 Å². The van der Waals surface area contributed by atoms with E-state index in [1.807, 2.05) is 6.08 Å². The van der Waals surface area contributed by atoms with Crippen molar-refractivity contribution in [2.45, 2.75) is 154 Å². The molecule has 0 aliphatic carbocycles. The maximum atomic E-state index is 12.7. The van der Waals surface area contributed by atoms with E-state index in [4.69, 9.17) is 14.8 Å². The summed E-state index contributed by atoms with van der Waals surface area (Å²) in [5, 5.41) is 13.6. The minimum Gasteiger partial charge on any atom is -0.387 e. The van der Waals surface area contributed by atoms with Crippen molar-refractivity contribution in [3.05, 3.63) is 97.2 Å². The average molecular weight is 759 g/mol. The first kappa shape index (κ1) is 50.4. The van der Waals surface area contributed by atoms with Gasteiger partial charge in [-0.2, -0.15) is 0 Å². The van der Waals surface area contributed by atoms with Gasteiger partial charge in [0.05, 0.1) is 25.4 Å². The van der Waals surface area contributed by atoms with Gasteiger partial charge in [0, 0.05) is 13.0 Å². The summed E-state index contributed by atoms with van der Waals surface area (Å²) >= 11 is 0. The zero-order chi connectivity index (χ0) is 38.9. The summed E-state index contributed by atoms with van der Waals surface area (Å²) in [5.41, 5.74) is 5.36. The maximum absolute atomic E-state index is 12.7. The molecule has 0 aromatic rings. The SMILES string of the molecule is CC/C=C\C/C=C\C/C=C\C/C=C\C/C=C\CCCCCCCC(=O)NC(COP(=O)(O)OCCN)C(O)/C=C/CC/C=C/CC/C=C/CCCCC. The highest BCUT2D eigenvalue weighted by molar-refractivity contribution is 7.47. The molecule has 0 saturated heterocycles. The molecule has 0 fully saturated rings. The Labute approximate surface area is 323 Å². The number of hydrogen-bond donors (Lipinski definition) is 4. The van der Waals surface area contributed by atoms with Gasteiger partial charge in [-0.15, -0.1) is 0 Å². The number of aliphatic hydroxyl groups is 1. The molecule has 53 heavy (non-hydrogen) atoms. The molecule has 0 saturated carbocycles. The smallest absolute Gasteiger partial charge is 0.387 e. The van der Waals surface area contributed by atoms with Gasteiger partial charge in [-0.25, -0.2) is 4.57 Å². The quantitative estimate of drug-likeness (QED) is 0.0284. The number of nitrogens with one attached hydrogen (secondary N) is 1. The zero-order valence-corrected chi connectivity index (χ0v) is 34.1. The van der Waals surface area contributed by atoms with Crippen LogP contribution in [0.2, 0.25) is 0 Å². The number of aliphatic hydroxyl groups excluding tert-OH is 1. The highest BCUT2D eigenvalue weighted by Gasteiger charge is 2.26. The lowest BCUT2D eigenvalue weighted by Crippen LogP contribution is -2.45. The van der Waals surface area contributed by atoms with Crippen LogP contribution in [0.15, 0.2) is 97.2 Å². The van der Waals surface area contributed by atoms with E-state index in [0.29, 0.717) is 6.42 Å². The molecule has 0 aliphatic rings. The van der Waals surface area contributed by atoms with Gasteiger partial charge in [-0.3, -0.25) is 13.8 Å². The maximum Gasteiger partial charge on any atom is 0.472 e. The molecule has 0 spiro atoms. The Morgan fingerprint density at radius 1 is 0.642 bits per heavy atom. The largest absolute Gasteiger partial charge is 0.472 e. The second-order valence-electron chi connectivity index (χ2n) is 13.1. The molecule has 0 radical (unpaired) electrons. The van der Waals surface area contributed by atoms with Crippen LogP contribution in [0.25, 0.3) is 0 Å². The number of unbranched alkanes of at least 4 members (excludes halogenated alkanes) is 10. The predicted molar refractivity (Wildman–Crippen MR) is 226 cm³/mol. The van der Waals surface area contributed by atoms with Gasteiger partial charge >= 0.3 is 7.82 Å². The first-order valence-corrected chi connectivity index (χ1v) is 21.9. The number of allylic oxidation sites excluding steroid dienone is 15. The summed E-state index contributed by atoms with van der Waals surface area (Å²) in [6.45, 7) is 3.91. The Kier molecular flexibility index (Phi) is 37.2. The molecular weight excluding hydrogens is 683 g/mol. The average Bonchev–Trinajstić information content (AvgIpc) is 3.14. The second-order valence-corrected chi connectivity index (χ2v) is 14.5. The van der Waals surface area contributed by atoms with Crippen molar-refractivity contribution in [2.24, 2.45) is 5.73 Å². The number of phosphoric ester groups is 1. The van der Waals surface area contributed by atoms with Crippen LogP contribution in [0.5, 0.6) is 0 Å². The number of phosphoric acid groups is 1. The Balaban J connectivity index is 4.36. The lowest BCUT2D eigenvalue weighted by Gasteiger charge is -2.23. The molecule has 0 aliphatic heterocycles. The summed E-state index contributed by atoms with van der Waals surface area (Å²) in [7, 11) is -4.36. The molecule has 0 rings (SSSR count). The van der Waals surface area contributed by atoms with Gasteiger partial charge in [-0.1, -0.05) is 143 Å². The molecule has 3 unspecified atom stereocenters. The van der Waals surface area contributed by atoms with Crippen LogP contribution in [0.1, 0.15) is 142 Å². The molecule has 1 amide bonds. The van der Waals surface area contributed by atoms with Gasteiger partial charge in [-0.05, 0) is 89.9 Å². The molecular formula is C44H75N2O6P. The standard InChI is InChI=1S/C44H75N2O6P/c1-3-5-7-9-11-13-15-17-18-19-20-21-22-23-24-26-28-30-32-34-36-38-44(48)46-42(41-52-53(49,50)51-40-39-45)43(47)37-35-33-31-29-27-25-16-14-12-10-8-6-4-2/h5,7,11-14,17-18,20-21,23-24,27,29,35,37,42-43,47H,3-4,6,8-10,15-16,19,22,25-26,28,30-34,36,38-41,45H2,1-2H3,(H,46,48)(H,49,50)/b7-5-,13-11-,14-12+,18-17-,21-20-,24-23-,29-27+,37-35+. The zero-order valence-electron chi connectivity index (χ0n) is 33.2. The van der Waals surface area contributed by atoms with Crippen LogP contribution in [-0.4, -0.2) is 47.8 Å². The van der Waals surface area contributed by atoms with Crippen LogP contribution < -0.4 is 11.1 Å². The fourth-order valence-electron chi connectivity index (χ4n) is 5.07. The van der Waals surface area contributed by atoms with Crippen molar-refractivity contribution < 1.29 is 28.4 Å². The number of nitrogens with two attached hydrogens (primary N) is 1. The van der Waals surface area contributed by atoms with Gasteiger partial charge in [0.25, 0.3) is 0 Å². The summed E-state index contributed by atoms with van der Waals surface area (Å²) in [6.07, 6.45) is 53.1. The van der Waals surface area contributed by atoms with Gasteiger partial charge in [0.15, 0.2) is 0 Å². The van der Waals surface area contributed by atoms with Gasteiger partial charge < -0.3 is 21.1 Å². The highest BCUT2D eigenvalue weighted by Crippen LogP contribution is 2.43. The number of hydrogen-bond acceptors (Lipinski definition) is 6. The molecule has 8 nitrogen and oxygen atoms in total. The molecule has 0 aromatic carbocycles. The molecule has 9 heteroatoms. The van der Waals surface area contributed by atoms with Crippen molar-refractivity contribution in [1.82, 2.24) is 5.32 Å². The van der Waals surface area contributed by atoms with Crippen molar-refractivity contribution in [3.8, 4) is 0 Å². The van der Waals surface area contributed by atoms with Crippen molar-refractivity contribution >= 4 is 13.7 Å². The van der Waals surface area contributed by atoms with Crippen LogP contribution in [0.4, 0.5) is 0 Å². The molecule has 0 heterocycles. The topological polar surface area (TPSA) is 131 Å². The molecule has 5 N–H and O–H groups in total.